The highest BCUT2D eigenvalue weighted by Crippen LogP contribution is 2.20. The normalized spacial score (nSPS) is 20.7. The largest absolute Gasteiger partial charge is 0.324 e. The summed E-state index contributed by atoms with van der Waals surface area (Å²) in [6, 6.07) is 5.96. The maximum atomic E-state index is 12.3. The van der Waals surface area contributed by atoms with Gasteiger partial charge in [0.1, 0.15) is 6.04 Å². The molecule has 1 aromatic carbocycles. The summed E-state index contributed by atoms with van der Waals surface area (Å²) >= 11 is 0. The number of hydrogen-bond acceptors (Lipinski definition) is 3. The van der Waals surface area contributed by atoms with Gasteiger partial charge in [-0.2, -0.15) is 0 Å². The lowest BCUT2D eigenvalue weighted by Crippen LogP contribution is -2.54. The van der Waals surface area contributed by atoms with Crippen LogP contribution in [0.3, 0.4) is 0 Å². The van der Waals surface area contributed by atoms with Crippen LogP contribution >= 0.6 is 0 Å². The van der Waals surface area contributed by atoms with Crippen molar-refractivity contribution in [3.05, 3.63) is 29.3 Å². The van der Waals surface area contributed by atoms with Gasteiger partial charge < -0.3 is 10.6 Å². The molecule has 0 bridgehead atoms. The van der Waals surface area contributed by atoms with Gasteiger partial charge in [0.05, 0.1) is 0 Å². The van der Waals surface area contributed by atoms with Gasteiger partial charge >= 0.3 is 0 Å². The molecule has 1 amide bonds. The SMILES string of the molecule is Cc1cccc(C)c1NC(=O)C1CNCCN1C. The molecular weight excluding hydrogens is 226 g/mol. The van der Waals surface area contributed by atoms with Crippen LogP contribution in [0.1, 0.15) is 11.1 Å². The van der Waals surface area contributed by atoms with Gasteiger partial charge in [0.15, 0.2) is 0 Å². The molecule has 2 N–H and O–H groups in total. The number of para-hydroxylation sites is 1. The van der Waals surface area contributed by atoms with Crippen molar-refractivity contribution in [3.8, 4) is 0 Å². The van der Waals surface area contributed by atoms with Crippen LogP contribution in [0, 0.1) is 13.8 Å². The molecule has 1 heterocycles. The molecule has 0 aromatic heterocycles. The first kappa shape index (κ1) is 13.1. The predicted molar refractivity (Wildman–Crippen MR) is 73.8 cm³/mol. The van der Waals surface area contributed by atoms with Gasteiger partial charge in [0.2, 0.25) is 5.91 Å². The first-order chi connectivity index (χ1) is 8.59. The summed E-state index contributed by atoms with van der Waals surface area (Å²) in [5, 5.41) is 6.32. The highest BCUT2D eigenvalue weighted by molar-refractivity contribution is 5.96. The third-order valence-corrected chi connectivity index (χ3v) is 3.54. The zero-order chi connectivity index (χ0) is 13.1. The minimum absolute atomic E-state index is 0.0714. The Hall–Kier alpha value is -1.39. The van der Waals surface area contributed by atoms with E-state index in [2.05, 4.69) is 15.5 Å². The van der Waals surface area contributed by atoms with Gasteiger partial charge in [-0.25, -0.2) is 0 Å². The van der Waals surface area contributed by atoms with Crippen molar-refractivity contribution in [1.82, 2.24) is 10.2 Å². The second-order valence-corrected chi connectivity index (χ2v) is 4.96. The van der Waals surface area contributed by atoms with E-state index in [1.807, 2.05) is 39.1 Å². The minimum Gasteiger partial charge on any atom is -0.324 e. The lowest BCUT2D eigenvalue weighted by Gasteiger charge is -2.32. The summed E-state index contributed by atoms with van der Waals surface area (Å²) in [7, 11) is 2.00. The van der Waals surface area contributed by atoms with Crippen LogP contribution in [0.25, 0.3) is 0 Å². The number of piperazine rings is 1. The Morgan fingerprint density at radius 2 is 2.06 bits per heavy atom. The van der Waals surface area contributed by atoms with E-state index in [0.717, 1.165) is 29.9 Å². The third kappa shape index (κ3) is 2.71. The number of carbonyl (C=O) groups excluding carboxylic acids is 1. The molecule has 1 aliphatic rings. The van der Waals surface area contributed by atoms with Crippen molar-refractivity contribution in [2.24, 2.45) is 0 Å². The summed E-state index contributed by atoms with van der Waals surface area (Å²) in [5.41, 5.74) is 3.16. The number of nitrogens with one attached hydrogen (secondary N) is 2. The Labute approximate surface area is 108 Å². The van der Waals surface area contributed by atoms with E-state index >= 15 is 0 Å². The molecule has 1 aromatic rings. The monoisotopic (exact) mass is 247 g/mol. The van der Waals surface area contributed by atoms with E-state index in [1.54, 1.807) is 0 Å². The maximum Gasteiger partial charge on any atom is 0.243 e. The highest BCUT2D eigenvalue weighted by atomic mass is 16.2. The van der Waals surface area contributed by atoms with E-state index in [4.69, 9.17) is 0 Å². The fourth-order valence-corrected chi connectivity index (χ4v) is 2.32. The number of aryl methyl sites for hydroxylation is 2. The highest BCUT2D eigenvalue weighted by Gasteiger charge is 2.26. The van der Waals surface area contributed by atoms with Crippen molar-refractivity contribution in [1.29, 1.82) is 0 Å². The van der Waals surface area contributed by atoms with Crippen molar-refractivity contribution in [3.63, 3.8) is 0 Å². The Morgan fingerprint density at radius 3 is 2.67 bits per heavy atom. The van der Waals surface area contributed by atoms with Crippen LogP contribution in [0.2, 0.25) is 0 Å². The summed E-state index contributed by atoms with van der Waals surface area (Å²) < 4.78 is 0. The molecule has 0 aliphatic carbocycles. The van der Waals surface area contributed by atoms with Gasteiger partial charge in [-0.15, -0.1) is 0 Å². The summed E-state index contributed by atoms with van der Waals surface area (Å²) in [4.78, 5) is 14.4. The first-order valence-electron chi connectivity index (χ1n) is 6.37. The van der Waals surface area contributed by atoms with Gasteiger partial charge in [-0.05, 0) is 32.0 Å². The molecule has 4 heteroatoms. The second-order valence-electron chi connectivity index (χ2n) is 4.96. The van der Waals surface area contributed by atoms with Crippen molar-refractivity contribution in [2.45, 2.75) is 19.9 Å². The lowest BCUT2D eigenvalue weighted by atomic mass is 10.1. The van der Waals surface area contributed by atoms with Crippen molar-refractivity contribution in [2.75, 3.05) is 32.0 Å². The molecule has 1 saturated heterocycles. The molecule has 1 aliphatic heterocycles. The van der Waals surface area contributed by atoms with Crippen LogP contribution in [-0.4, -0.2) is 43.5 Å². The Kier molecular flexibility index (Phi) is 3.99. The molecule has 0 spiro atoms. The average Bonchev–Trinajstić information content (AvgIpc) is 2.34. The minimum atomic E-state index is -0.0854. The van der Waals surface area contributed by atoms with Gasteiger partial charge in [0, 0.05) is 25.3 Å². The molecule has 0 radical (unpaired) electrons. The van der Waals surface area contributed by atoms with Gasteiger partial charge in [-0.3, -0.25) is 9.69 Å². The number of carbonyl (C=O) groups is 1. The van der Waals surface area contributed by atoms with Crippen molar-refractivity contribution >= 4 is 11.6 Å². The lowest BCUT2D eigenvalue weighted by molar-refractivity contribution is -0.121. The van der Waals surface area contributed by atoms with Crippen LogP contribution in [0.4, 0.5) is 5.69 Å². The topological polar surface area (TPSA) is 44.4 Å². The zero-order valence-electron chi connectivity index (χ0n) is 11.3. The molecule has 1 fully saturated rings. The number of nitrogens with zero attached hydrogens (tertiary/aromatic N) is 1. The molecular formula is C14H21N3O. The summed E-state index contributed by atoms with van der Waals surface area (Å²) in [6.45, 7) is 6.61. The van der Waals surface area contributed by atoms with Crippen LogP contribution in [0.5, 0.6) is 0 Å². The fourth-order valence-electron chi connectivity index (χ4n) is 2.32. The number of hydrogen-bond donors (Lipinski definition) is 2. The molecule has 98 valence electrons. The second kappa shape index (κ2) is 5.50. The summed E-state index contributed by atoms with van der Waals surface area (Å²) in [5.74, 6) is 0.0714. The van der Waals surface area contributed by atoms with E-state index in [9.17, 15) is 4.79 Å². The van der Waals surface area contributed by atoms with E-state index in [1.165, 1.54) is 0 Å². The Morgan fingerprint density at radius 1 is 1.39 bits per heavy atom. The number of likely N-dealkylation sites (N-methyl/N-ethyl adjacent to an activating group) is 1. The van der Waals surface area contributed by atoms with E-state index in [-0.39, 0.29) is 11.9 Å². The van der Waals surface area contributed by atoms with E-state index < -0.39 is 0 Å². The van der Waals surface area contributed by atoms with Gasteiger partial charge in [0.25, 0.3) is 0 Å². The predicted octanol–water partition coefficient (Wildman–Crippen LogP) is 1.15. The quantitative estimate of drug-likeness (QED) is 0.824. The molecule has 4 nitrogen and oxygen atoms in total. The number of amides is 1. The zero-order valence-corrected chi connectivity index (χ0v) is 11.3. The number of rotatable bonds is 2. The molecule has 1 atom stereocenters. The van der Waals surface area contributed by atoms with Gasteiger partial charge in [-0.1, -0.05) is 18.2 Å². The summed E-state index contributed by atoms with van der Waals surface area (Å²) in [6.07, 6.45) is 0. The number of benzene rings is 1. The molecule has 1 unspecified atom stereocenters. The Balaban J connectivity index is 2.11. The Bertz CT molecular complexity index is 424. The van der Waals surface area contributed by atoms with E-state index in [0.29, 0.717) is 6.54 Å². The molecule has 2 rings (SSSR count). The standard InChI is InChI=1S/C14H21N3O/c1-10-5-4-6-11(2)13(10)16-14(18)12-9-15-7-8-17(12)3/h4-6,12,15H,7-9H2,1-3H3,(H,16,18). The molecule has 18 heavy (non-hydrogen) atoms. The van der Waals surface area contributed by atoms with Crippen LogP contribution < -0.4 is 10.6 Å². The van der Waals surface area contributed by atoms with Crippen molar-refractivity contribution < 1.29 is 4.79 Å². The number of anilines is 1. The van der Waals surface area contributed by atoms with Crippen LogP contribution in [0.15, 0.2) is 18.2 Å². The fraction of sp³-hybridized carbons (Fsp3) is 0.500. The molecule has 0 saturated carbocycles. The average molecular weight is 247 g/mol. The smallest absolute Gasteiger partial charge is 0.243 e. The van der Waals surface area contributed by atoms with Crippen LogP contribution in [-0.2, 0) is 4.79 Å². The first-order valence-corrected chi connectivity index (χ1v) is 6.37. The maximum absolute atomic E-state index is 12.3. The third-order valence-electron chi connectivity index (χ3n) is 3.54.